The third-order valence-electron chi connectivity index (χ3n) is 10.3. The van der Waals surface area contributed by atoms with E-state index in [2.05, 4.69) is 9.97 Å². The summed E-state index contributed by atoms with van der Waals surface area (Å²) in [7, 11) is 0. The highest BCUT2D eigenvalue weighted by atomic mass is 16.6. The van der Waals surface area contributed by atoms with Crippen LogP contribution in [0, 0.1) is 11.8 Å². The van der Waals surface area contributed by atoms with Crippen molar-refractivity contribution in [1.82, 2.24) is 39.7 Å². The van der Waals surface area contributed by atoms with Gasteiger partial charge < -0.3 is 19.4 Å². The number of benzene rings is 2. The van der Waals surface area contributed by atoms with Crippen LogP contribution in [0.2, 0.25) is 0 Å². The van der Waals surface area contributed by atoms with Crippen molar-refractivity contribution < 1.29 is 19.1 Å². The first kappa shape index (κ1) is 31.0. The first-order valence-electron chi connectivity index (χ1n) is 17.6. The fourth-order valence-corrected chi connectivity index (χ4v) is 7.87. The van der Waals surface area contributed by atoms with Gasteiger partial charge in [0.25, 0.3) is 0 Å². The maximum atomic E-state index is 13.1. The Bertz CT molecular complexity index is 2180. The summed E-state index contributed by atoms with van der Waals surface area (Å²) in [5.74, 6) is 2.58. The van der Waals surface area contributed by atoms with Crippen LogP contribution in [0.15, 0.2) is 48.8 Å². The predicted molar refractivity (Wildman–Crippen MR) is 187 cm³/mol. The summed E-state index contributed by atoms with van der Waals surface area (Å²) in [6.07, 6.45) is 6.91. The molecule has 50 heavy (non-hydrogen) atoms. The van der Waals surface area contributed by atoms with Crippen molar-refractivity contribution in [2.75, 3.05) is 0 Å². The molecule has 2 amide bonds. The second-order valence-electron chi connectivity index (χ2n) is 16.4. The summed E-state index contributed by atoms with van der Waals surface area (Å²) in [6, 6.07) is 12.3. The lowest BCUT2D eigenvalue weighted by molar-refractivity contribution is 0.0164. The Kier molecular flexibility index (Phi) is 6.67. The number of carbonyl (C=O) groups excluding carboxylic acids is 2. The largest absolute Gasteiger partial charge is 0.444 e. The van der Waals surface area contributed by atoms with Crippen molar-refractivity contribution in [3.05, 3.63) is 60.4 Å². The summed E-state index contributed by atoms with van der Waals surface area (Å²) < 4.78 is 11.5. The number of hydrogen-bond acceptors (Lipinski definition) is 8. The van der Waals surface area contributed by atoms with Gasteiger partial charge in [0.15, 0.2) is 0 Å². The van der Waals surface area contributed by atoms with E-state index in [9.17, 15) is 9.59 Å². The van der Waals surface area contributed by atoms with Crippen LogP contribution < -0.4 is 0 Å². The number of H-pyrrole nitrogens is 2. The summed E-state index contributed by atoms with van der Waals surface area (Å²) >= 11 is 0. The first-order chi connectivity index (χ1) is 23.8. The van der Waals surface area contributed by atoms with Crippen molar-refractivity contribution in [3.63, 3.8) is 0 Å². The fraction of sp³-hybridized carbons (Fsp3) is 0.474. The molecule has 0 bridgehead atoms. The molecule has 0 radical (unpaired) electrons. The number of imidazole rings is 2. The molecule has 5 heterocycles. The van der Waals surface area contributed by atoms with Gasteiger partial charge in [-0.3, -0.25) is 14.8 Å². The maximum absolute atomic E-state index is 13.1. The van der Waals surface area contributed by atoms with Gasteiger partial charge in [-0.25, -0.2) is 24.5 Å². The average Bonchev–Trinajstić information content (AvgIpc) is 3.67. The lowest BCUT2D eigenvalue weighted by atomic mass is 10.1. The van der Waals surface area contributed by atoms with E-state index in [0.29, 0.717) is 11.8 Å². The molecule has 2 saturated heterocycles. The second kappa shape index (κ2) is 10.7. The lowest BCUT2D eigenvalue weighted by Gasteiger charge is -2.29. The minimum Gasteiger partial charge on any atom is -0.444 e. The Morgan fingerprint density at radius 3 is 1.96 bits per heavy atom. The molecule has 258 valence electrons. The SMILES string of the molecule is CC(C)(C)OC(=O)N1C(c2ncc(-c3ccc4nc(-c5ccc6nc([C@@H]7C[C@H]8C[C@H]8N7C(=O)OC(C)(C)C)[nH]c6c5)cnc4c3)[nH]2)CC2CC21. The zero-order chi connectivity index (χ0) is 34.7. The summed E-state index contributed by atoms with van der Waals surface area (Å²) in [5.41, 5.74) is 5.67. The minimum absolute atomic E-state index is 0.124. The Balaban J connectivity index is 0.937. The Labute approximate surface area is 290 Å². The number of piperidine rings is 2. The van der Waals surface area contributed by atoms with E-state index in [0.717, 1.165) is 81.9 Å². The van der Waals surface area contributed by atoms with E-state index >= 15 is 0 Å². The van der Waals surface area contributed by atoms with Gasteiger partial charge in [-0.2, -0.15) is 0 Å². The third-order valence-corrected chi connectivity index (χ3v) is 10.3. The number of ether oxygens (including phenoxy) is 2. The van der Waals surface area contributed by atoms with Crippen LogP contribution in [0.4, 0.5) is 9.59 Å². The number of fused-ring (bicyclic) bond motifs is 4. The van der Waals surface area contributed by atoms with Gasteiger partial charge in [-0.15, -0.1) is 0 Å². The standard InChI is InChI=1S/C38H42N8O4/c1-37(2,3)49-35(47)45-29-13-21(29)15-31(45)33-40-18-28(44-33)19-7-9-23-25(11-19)39-17-27(41-23)20-8-10-24-26(12-20)43-34(42-24)32-16-22-14-30(22)46(32)36(48)50-38(4,5)6/h7-12,17-18,21-22,29-32H,13-16H2,1-6H3,(H,40,44)(H,42,43)/t21?,22-,29?,30-,31?,32+/m1/s1. The van der Waals surface area contributed by atoms with E-state index < -0.39 is 11.2 Å². The van der Waals surface area contributed by atoms with Crippen LogP contribution in [0.1, 0.15) is 91.0 Å². The molecule has 12 heteroatoms. The van der Waals surface area contributed by atoms with Crippen LogP contribution in [-0.2, 0) is 9.47 Å². The number of nitrogens with zero attached hydrogens (tertiary/aromatic N) is 6. The molecule has 6 atom stereocenters. The molecular weight excluding hydrogens is 632 g/mol. The molecule has 2 saturated carbocycles. The molecule has 2 N–H and O–H groups in total. The quantitative estimate of drug-likeness (QED) is 0.198. The van der Waals surface area contributed by atoms with Crippen LogP contribution in [0.3, 0.4) is 0 Å². The van der Waals surface area contributed by atoms with Gasteiger partial charge in [0.2, 0.25) is 0 Å². The molecule has 9 rings (SSSR count). The molecule has 4 aliphatic rings. The monoisotopic (exact) mass is 674 g/mol. The van der Waals surface area contributed by atoms with Gasteiger partial charge in [-0.1, -0.05) is 12.1 Å². The molecule has 3 unspecified atom stereocenters. The van der Waals surface area contributed by atoms with Crippen molar-refractivity contribution in [1.29, 1.82) is 0 Å². The molecule has 3 aromatic heterocycles. The second-order valence-corrected chi connectivity index (χ2v) is 16.4. The van der Waals surface area contributed by atoms with E-state index in [-0.39, 0.29) is 36.4 Å². The highest BCUT2D eigenvalue weighted by molar-refractivity contribution is 5.85. The topological polar surface area (TPSA) is 142 Å². The molecule has 0 spiro atoms. The van der Waals surface area contributed by atoms with Crippen LogP contribution in [0.5, 0.6) is 0 Å². The first-order valence-corrected chi connectivity index (χ1v) is 17.6. The lowest BCUT2D eigenvalue weighted by Crippen LogP contribution is -2.38. The van der Waals surface area contributed by atoms with E-state index in [1.807, 2.05) is 93.9 Å². The Hall–Kier alpha value is -5.00. The number of aromatic nitrogens is 6. The van der Waals surface area contributed by atoms with Crippen LogP contribution >= 0.6 is 0 Å². The molecule has 2 aromatic carbocycles. The molecule has 5 aromatic rings. The van der Waals surface area contributed by atoms with E-state index in [4.69, 9.17) is 29.4 Å². The summed E-state index contributed by atoms with van der Waals surface area (Å²) in [4.78, 5) is 56.2. The van der Waals surface area contributed by atoms with Crippen molar-refractivity contribution in [3.8, 4) is 22.5 Å². The Morgan fingerprint density at radius 2 is 1.30 bits per heavy atom. The predicted octanol–water partition coefficient (Wildman–Crippen LogP) is 7.70. The number of nitrogens with one attached hydrogen (secondary N) is 2. The summed E-state index contributed by atoms with van der Waals surface area (Å²) in [6.45, 7) is 11.4. The molecule has 2 aliphatic carbocycles. The van der Waals surface area contributed by atoms with Gasteiger partial charge in [0, 0.05) is 23.2 Å². The number of hydrogen-bond donors (Lipinski definition) is 2. The number of amides is 2. The highest BCUT2D eigenvalue weighted by Crippen LogP contribution is 2.54. The number of carbonyl (C=O) groups is 2. The minimum atomic E-state index is -0.551. The zero-order valence-electron chi connectivity index (χ0n) is 29.2. The molecule has 12 nitrogen and oxygen atoms in total. The summed E-state index contributed by atoms with van der Waals surface area (Å²) in [5, 5.41) is 0. The van der Waals surface area contributed by atoms with Crippen molar-refractivity contribution >= 4 is 34.3 Å². The van der Waals surface area contributed by atoms with E-state index in [1.165, 1.54) is 0 Å². The van der Waals surface area contributed by atoms with Gasteiger partial charge in [-0.05, 0) is 103 Å². The molecular formula is C38H42N8O4. The van der Waals surface area contributed by atoms with Crippen molar-refractivity contribution in [2.24, 2.45) is 11.8 Å². The average molecular weight is 675 g/mol. The third kappa shape index (κ3) is 5.54. The number of rotatable bonds is 4. The maximum Gasteiger partial charge on any atom is 0.411 e. The molecule has 2 aliphatic heterocycles. The van der Waals surface area contributed by atoms with Crippen LogP contribution in [-0.4, -0.2) is 75.2 Å². The number of aromatic amines is 2. The highest BCUT2D eigenvalue weighted by Gasteiger charge is 2.57. The molecule has 4 fully saturated rings. The zero-order valence-corrected chi connectivity index (χ0v) is 29.2. The fourth-order valence-electron chi connectivity index (χ4n) is 7.87. The Morgan fingerprint density at radius 1 is 0.680 bits per heavy atom. The van der Waals surface area contributed by atoms with E-state index in [1.54, 1.807) is 6.20 Å². The normalized spacial score (nSPS) is 25.6. The smallest absolute Gasteiger partial charge is 0.411 e. The van der Waals surface area contributed by atoms with Gasteiger partial charge in [0.1, 0.15) is 22.9 Å². The van der Waals surface area contributed by atoms with Gasteiger partial charge >= 0.3 is 12.2 Å². The van der Waals surface area contributed by atoms with Crippen LogP contribution in [0.25, 0.3) is 44.6 Å². The number of likely N-dealkylation sites (tertiary alicyclic amines) is 2. The van der Waals surface area contributed by atoms with Gasteiger partial charge in [0.05, 0.1) is 57.9 Å². The van der Waals surface area contributed by atoms with Crippen molar-refractivity contribution in [2.45, 2.75) is 103 Å².